The summed E-state index contributed by atoms with van der Waals surface area (Å²) in [6, 6.07) is 25.7. The van der Waals surface area contributed by atoms with Crippen molar-refractivity contribution >= 4 is 28.7 Å². The first-order valence-electron chi connectivity index (χ1n) is 12.8. The number of aromatic nitrogens is 2. The standard InChI is InChI=1S/C31H27N5O5/c1-40-30(38)26-25(19-9-5-3-6-10-19)22(18-32)28(33)36(27(26)31(39)41-2)21-13-14-24-23(17-21)34-29(35(24)15-16-37)20-11-7-4-8-12-20/h3-14,17,25,37H,15-16,33H2,1-2H3. The predicted octanol–water partition coefficient (Wildman–Crippen LogP) is 3.59. The van der Waals surface area contributed by atoms with Crippen LogP contribution >= 0.6 is 0 Å². The van der Waals surface area contributed by atoms with E-state index in [1.807, 2.05) is 34.9 Å². The lowest BCUT2D eigenvalue weighted by atomic mass is 9.81. The maximum atomic E-state index is 13.4. The number of ether oxygens (including phenoxy) is 2. The molecule has 3 aromatic carbocycles. The third-order valence-corrected chi connectivity index (χ3v) is 6.96. The van der Waals surface area contributed by atoms with Crippen molar-refractivity contribution < 1.29 is 24.2 Å². The van der Waals surface area contributed by atoms with E-state index in [4.69, 9.17) is 20.2 Å². The van der Waals surface area contributed by atoms with Crippen LogP contribution < -0.4 is 10.6 Å². The van der Waals surface area contributed by atoms with E-state index in [-0.39, 0.29) is 29.3 Å². The highest BCUT2D eigenvalue weighted by molar-refractivity contribution is 6.06. The zero-order chi connectivity index (χ0) is 29.1. The maximum absolute atomic E-state index is 13.4. The molecule has 1 aromatic heterocycles. The van der Waals surface area contributed by atoms with Crippen molar-refractivity contribution in [2.45, 2.75) is 12.5 Å². The van der Waals surface area contributed by atoms with Crippen LogP contribution in [0, 0.1) is 11.3 Å². The minimum Gasteiger partial charge on any atom is -0.466 e. The number of allylic oxidation sites excluding steroid dienone is 1. The molecule has 1 aliphatic rings. The third kappa shape index (κ3) is 4.68. The molecule has 0 bridgehead atoms. The number of methoxy groups -OCH3 is 2. The number of carbonyl (C=O) groups is 2. The summed E-state index contributed by atoms with van der Waals surface area (Å²) in [5.41, 5.74) is 9.56. The Morgan fingerprint density at radius 2 is 1.66 bits per heavy atom. The molecule has 0 aliphatic carbocycles. The quantitative estimate of drug-likeness (QED) is 0.331. The van der Waals surface area contributed by atoms with Gasteiger partial charge in [0.25, 0.3) is 0 Å². The van der Waals surface area contributed by atoms with E-state index >= 15 is 0 Å². The van der Waals surface area contributed by atoms with Gasteiger partial charge in [-0.3, -0.25) is 4.90 Å². The summed E-state index contributed by atoms with van der Waals surface area (Å²) >= 11 is 0. The molecule has 0 saturated carbocycles. The van der Waals surface area contributed by atoms with E-state index in [9.17, 15) is 20.0 Å². The van der Waals surface area contributed by atoms with Gasteiger partial charge in [-0.25, -0.2) is 14.6 Å². The zero-order valence-corrected chi connectivity index (χ0v) is 22.4. The van der Waals surface area contributed by atoms with Crippen LogP contribution in [0.25, 0.3) is 22.4 Å². The average Bonchev–Trinajstić information content (AvgIpc) is 3.38. The Kier molecular flexibility index (Phi) is 7.54. The summed E-state index contributed by atoms with van der Waals surface area (Å²) < 4.78 is 12.1. The van der Waals surface area contributed by atoms with Crippen molar-refractivity contribution in [2.24, 2.45) is 5.73 Å². The monoisotopic (exact) mass is 549 g/mol. The van der Waals surface area contributed by atoms with Crippen LogP contribution in [0.15, 0.2) is 102 Å². The number of nitriles is 1. The van der Waals surface area contributed by atoms with Crippen molar-refractivity contribution in [3.63, 3.8) is 0 Å². The number of rotatable bonds is 7. The summed E-state index contributed by atoms with van der Waals surface area (Å²) in [5, 5.41) is 20.0. The van der Waals surface area contributed by atoms with Gasteiger partial charge in [-0.05, 0) is 23.8 Å². The van der Waals surface area contributed by atoms with Crippen molar-refractivity contribution in [3.8, 4) is 17.5 Å². The minimum absolute atomic E-state index is 0.0353. The first kappa shape index (κ1) is 27.2. The lowest BCUT2D eigenvalue weighted by molar-refractivity contribution is -0.139. The van der Waals surface area contributed by atoms with Gasteiger partial charge >= 0.3 is 11.9 Å². The van der Waals surface area contributed by atoms with E-state index in [0.29, 0.717) is 29.1 Å². The lowest BCUT2D eigenvalue weighted by Gasteiger charge is -2.35. The van der Waals surface area contributed by atoms with Gasteiger partial charge in [0.1, 0.15) is 17.3 Å². The molecule has 41 heavy (non-hydrogen) atoms. The first-order valence-corrected chi connectivity index (χ1v) is 12.8. The van der Waals surface area contributed by atoms with E-state index in [1.165, 1.54) is 19.1 Å². The molecule has 1 unspecified atom stereocenters. The van der Waals surface area contributed by atoms with Crippen molar-refractivity contribution in [3.05, 3.63) is 107 Å². The molecule has 10 heteroatoms. The maximum Gasteiger partial charge on any atom is 0.355 e. The Labute approximate surface area is 236 Å². The van der Waals surface area contributed by atoms with E-state index < -0.39 is 17.9 Å². The average molecular weight is 550 g/mol. The Balaban J connectivity index is 1.77. The molecule has 10 nitrogen and oxygen atoms in total. The second kappa shape index (κ2) is 11.4. The fourth-order valence-electron chi connectivity index (χ4n) is 5.17. The number of fused-ring (bicyclic) bond motifs is 1. The van der Waals surface area contributed by atoms with Gasteiger partial charge in [-0.15, -0.1) is 0 Å². The summed E-state index contributed by atoms with van der Waals surface area (Å²) in [4.78, 5) is 32.8. The summed E-state index contributed by atoms with van der Waals surface area (Å²) in [6.07, 6.45) is 0. The number of imidazole rings is 1. The van der Waals surface area contributed by atoms with Crippen LogP contribution in [0.2, 0.25) is 0 Å². The smallest absolute Gasteiger partial charge is 0.355 e. The van der Waals surface area contributed by atoms with Crippen LogP contribution in [0.1, 0.15) is 11.5 Å². The lowest BCUT2D eigenvalue weighted by Crippen LogP contribution is -2.40. The van der Waals surface area contributed by atoms with Crippen molar-refractivity contribution in [2.75, 3.05) is 25.7 Å². The minimum atomic E-state index is -0.962. The van der Waals surface area contributed by atoms with E-state index in [0.717, 1.165) is 11.1 Å². The fourth-order valence-corrected chi connectivity index (χ4v) is 5.17. The Morgan fingerprint density at radius 3 is 2.27 bits per heavy atom. The van der Waals surface area contributed by atoms with E-state index in [2.05, 4.69) is 6.07 Å². The number of anilines is 1. The molecule has 0 amide bonds. The van der Waals surface area contributed by atoms with E-state index in [1.54, 1.807) is 48.5 Å². The molecule has 3 N–H and O–H groups in total. The number of nitrogens with zero attached hydrogens (tertiary/aromatic N) is 4. The van der Waals surface area contributed by atoms with Crippen LogP contribution in [-0.2, 0) is 25.6 Å². The number of aliphatic hydroxyl groups is 1. The second-order valence-electron chi connectivity index (χ2n) is 9.18. The normalized spacial score (nSPS) is 15.2. The number of nitrogens with two attached hydrogens (primary N) is 1. The van der Waals surface area contributed by atoms with Crippen LogP contribution in [0.4, 0.5) is 5.69 Å². The van der Waals surface area contributed by atoms with Gasteiger partial charge in [-0.2, -0.15) is 5.26 Å². The second-order valence-corrected chi connectivity index (χ2v) is 9.18. The Bertz CT molecular complexity index is 1740. The predicted molar refractivity (Wildman–Crippen MR) is 152 cm³/mol. The molecule has 2 heterocycles. The van der Waals surface area contributed by atoms with Gasteiger partial charge in [0.2, 0.25) is 0 Å². The first-order chi connectivity index (χ1) is 19.9. The molecular weight excluding hydrogens is 522 g/mol. The third-order valence-electron chi connectivity index (χ3n) is 6.96. The number of aliphatic hydroxyl groups excluding tert-OH is 1. The zero-order valence-electron chi connectivity index (χ0n) is 22.4. The highest BCUT2D eigenvalue weighted by Gasteiger charge is 2.43. The Hall–Kier alpha value is -5.40. The Morgan fingerprint density at radius 1 is 1.00 bits per heavy atom. The molecule has 5 rings (SSSR count). The molecule has 4 aromatic rings. The molecule has 0 fully saturated rings. The topological polar surface area (TPSA) is 144 Å². The van der Waals surface area contributed by atoms with Gasteiger partial charge in [-0.1, -0.05) is 60.7 Å². The number of carbonyl (C=O) groups excluding carboxylic acids is 2. The van der Waals surface area contributed by atoms with Crippen molar-refractivity contribution in [1.29, 1.82) is 5.26 Å². The molecule has 0 saturated heterocycles. The van der Waals surface area contributed by atoms with Crippen molar-refractivity contribution in [1.82, 2.24) is 9.55 Å². The summed E-state index contributed by atoms with van der Waals surface area (Å²) in [6.45, 7) is 0.210. The largest absolute Gasteiger partial charge is 0.466 e. The SMILES string of the molecule is COC(=O)C1=C(C(=O)OC)N(c2ccc3c(c2)nc(-c2ccccc2)n3CCO)C(N)=C(C#N)C1c1ccccc1. The number of hydrogen-bond donors (Lipinski definition) is 2. The molecule has 1 aliphatic heterocycles. The molecule has 0 radical (unpaired) electrons. The van der Waals surface area contributed by atoms with Gasteiger partial charge < -0.3 is 24.9 Å². The summed E-state index contributed by atoms with van der Waals surface area (Å²) in [5.74, 6) is -1.98. The number of benzene rings is 3. The van der Waals surface area contributed by atoms with Gasteiger partial charge in [0.15, 0.2) is 0 Å². The van der Waals surface area contributed by atoms with Gasteiger partial charge in [0, 0.05) is 12.1 Å². The molecule has 1 atom stereocenters. The van der Waals surface area contributed by atoms with Crippen LogP contribution in [0.5, 0.6) is 0 Å². The van der Waals surface area contributed by atoms with Gasteiger partial charge in [0.05, 0.1) is 60.7 Å². The van der Waals surface area contributed by atoms with Crippen LogP contribution in [-0.4, -0.2) is 47.4 Å². The highest BCUT2D eigenvalue weighted by atomic mass is 16.5. The molecular formula is C31H27N5O5. The number of esters is 2. The summed E-state index contributed by atoms with van der Waals surface area (Å²) in [7, 11) is 2.40. The fraction of sp³-hybridized carbons (Fsp3) is 0.161. The number of hydrogen-bond acceptors (Lipinski definition) is 9. The highest BCUT2D eigenvalue weighted by Crippen LogP contribution is 2.43. The molecule has 0 spiro atoms. The molecule has 206 valence electrons. The van der Waals surface area contributed by atoms with Crippen LogP contribution in [0.3, 0.4) is 0 Å².